The first-order chi connectivity index (χ1) is 8.66. The highest BCUT2D eigenvalue weighted by molar-refractivity contribution is 6.30. The van der Waals surface area contributed by atoms with Gasteiger partial charge in [-0.25, -0.2) is 0 Å². The van der Waals surface area contributed by atoms with Crippen molar-refractivity contribution in [1.82, 2.24) is 4.98 Å². The lowest BCUT2D eigenvalue weighted by Crippen LogP contribution is -2.23. The fourth-order valence-electron chi connectivity index (χ4n) is 1.55. The van der Waals surface area contributed by atoms with Crippen molar-refractivity contribution < 1.29 is 9.53 Å². The second-order valence-electron chi connectivity index (χ2n) is 3.83. The maximum Gasteiger partial charge on any atom is 0.202 e. The average Bonchev–Trinajstić information content (AvgIpc) is 2.39. The van der Waals surface area contributed by atoms with Gasteiger partial charge in [0.05, 0.1) is 11.2 Å². The summed E-state index contributed by atoms with van der Waals surface area (Å²) in [6.45, 7) is 1.70. The fourth-order valence-corrected chi connectivity index (χ4v) is 1.72. The molecule has 0 fully saturated rings. The Morgan fingerprint density at radius 1 is 1.28 bits per heavy atom. The third kappa shape index (κ3) is 3.08. The third-order valence-corrected chi connectivity index (χ3v) is 2.63. The molecule has 3 nitrogen and oxygen atoms in total. The Morgan fingerprint density at radius 2 is 2.00 bits per heavy atom. The summed E-state index contributed by atoms with van der Waals surface area (Å²) in [7, 11) is 0. The molecular weight excluding hydrogens is 250 g/mol. The van der Waals surface area contributed by atoms with Crippen LogP contribution in [0.5, 0.6) is 5.75 Å². The topological polar surface area (TPSA) is 39.2 Å². The van der Waals surface area contributed by atoms with Crippen LogP contribution in [-0.2, 0) is 0 Å². The molecule has 0 amide bonds. The number of hydrogen-bond donors (Lipinski definition) is 0. The van der Waals surface area contributed by atoms with Crippen molar-refractivity contribution >= 4 is 17.4 Å². The molecule has 1 unspecified atom stereocenters. The van der Waals surface area contributed by atoms with E-state index in [0.29, 0.717) is 16.3 Å². The molecule has 18 heavy (non-hydrogen) atoms. The van der Waals surface area contributed by atoms with Crippen molar-refractivity contribution in [2.45, 2.75) is 13.0 Å². The summed E-state index contributed by atoms with van der Waals surface area (Å²) >= 11 is 5.80. The van der Waals surface area contributed by atoms with Crippen molar-refractivity contribution in [2.75, 3.05) is 0 Å². The zero-order valence-corrected chi connectivity index (χ0v) is 10.6. The Labute approximate surface area is 110 Å². The maximum atomic E-state index is 12.1. The van der Waals surface area contributed by atoms with E-state index in [4.69, 9.17) is 16.3 Å². The van der Waals surface area contributed by atoms with Gasteiger partial charge in [-0.2, -0.15) is 0 Å². The molecular formula is C14H12ClNO2. The van der Waals surface area contributed by atoms with Crippen LogP contribution in [0.25, 0.3) is 0 Å². The van der Waals surface area contributed by atoms with Crippen LogP contribution in [0, 0.1) is 0 Å². The number of Topliss-reactive ketones (excluding diaryl/α,β-unsaturated/α-hetero) is 1. The van der Waals surface area contributed by atoms with Crippen LogP contribution in [-0.4, -0.2) is 16.9 Å². The third-order valence-electron chi connectivity index (χ3n) is 2.42. The van der Waals surface area contributed by atoms with Gasteiger partial charge in [-0.3, -0.25) is 9.78 Å². The van der Waals surface area contributed by atoms with Crippen LogP contribution < -0.4 is 4.74 Å². The van der Waals surface area contributed by atoms with Crippen LogP contribution in [0.3, 0.4) is 0 Å². The maximum absolute atomic E-state index is 12.1. The van der Waals surface area contributed by atoms with E-state index in [2.05, 4.69) is 4.98 Å². The zero-order valence-electron chi connectivity index (χ0n) is 9.84. The monoisotopic (exact) mass is 261 g/mol. The van der Waals surface area contributed by atoms with Gasteiger partial charge in [-0.05, 0) is 6.92 Å². The molecule has 2 rings (SSSR count). The normalized spacial score (nSPS) is 11.9. The summed E-state index contributed by atoms with van der Waals surface area (Å²) in [6.07, 6.45) is 2.46. The lowest BCUT2D eigenvalue weighted by atomic mass is 10.1. The Bertz CT molecular complexity index is 543. The predicted octanol–water partition coefficient (Wildman–Crippen LogP) is 3.39. The molecule has 2 aromatic rings. The largest absolute Gasteiger partial charge is 0.481 e. The SMILES string of the molecule is CC(Oc1cncc(Cl)c1)C(=O)c1ccccc1. The van der Waals surface area contributed by atoms with Crippen molar-refractivity contribution in [2.24, 2.45) is 0 Å². The van der Waals surface area contributed by atoms with Crippen LogP contribution >= 0.6 is 11.6 Å². The van der Waals surface area contributed by atoms with Gasteiger partial charge in [0.1, 0.15) is 5.75 Å². The molecule has 0 N–H and O–H groups in total. The summed E-state index contributed by atoms with van der Waals surface area (Å²) in [4.78, 5) is 16.0. The molecule has 0 saturated carbocycles. The number of carbonyl (C=O) groups is 1. The molecule has 0 bridgehead atoms. The number of carbonyl (C=O) groups excluding carboxylic acids is 1. The molecule has 0 spiro atoms. The van der Waals surface area contributed by atoms with Gasteiger partial charge in [0, 0.05) is 17.8 Å². The van der Waals surface area contributed by atoms with Crippen LogP contribution in [0.2, 0.25) is 5.02 Å². The van der Waals surface area contributed by atoms with E-state index in [9.17, 15) is 4.79 Å². The number of aromatic nitrogens is 1. The standard InChI is InChI=1S/C14H12ClNO2/c1-10(14(17)11-5-3-2-4-6-11)18-13-7-12(15)8-16-9-13/h2-10H,1H3. The van der Waals surface area contributed by atoms with Gasteiger partial charge >= 0.3 is 0 Å². The minimum absolute atomic E-state index is 0.0735. The summed E-state index contributed by atoms with van der Waals surface area (Å²) < 4.78 is 5.51. The lowest BCUT2D eigenvalue weighted by Gasteiger charge is -2.13. The van der Waals surface area contributed by atoms with E-state index in [0.717, 1.165) is 0 Å². The second kappa shape index (κ2) is 5.65. The minimum Gasteiger partial charge on any atom is -0.481 e. The number of pyridine rings is 1. The van der Waals surface area contributed by atoms with Gasteiger partial charge in [0.2, 0.25) is 5.78 Å². The molecule has 0 aliphatic rings. The summed E-state index contributed by atoms with van der Waals surface area (Å²) in [5.41, 5.74) is 0.625. The fraction of sp³-hybridized carbons (Fsp3) is 0.143. The van der Waals surface area contributed by atoms with Crippen LogP contribution in [0.1, 0.15) is 17.3 Å². The molecule has 1 aromatic carbocycles. The van der Waals surface area contributed by atoms with Gasteiger partial charge in [0.15, 0.2) is 6.10 Å². The Morgan fingerprint density at radius 3 is 2.67 bits per heavy atom. The Balaban J connectivity index is 2.09. The molecule has 92 valence electrons. The van der Waals surface area contributed by atoms with Crippen molar-refractivity contribution in [3.05, 3.63) is 59.4 Å². The van der Waals surface area contributed by atoms with E-state index in [-0.39, 0.29) is 5.78 Å². The number of nitrogens with zero attached hydrogens (tertiary/aromatic N) is 1. The summed E-state index contributed by atoms with van der Waals surface area (Å²) in [5.74, 6) is 0.412. The van der Waals surface area contributed by atoms with Gasteiger partial charge in [0.25, 0.3) is 0 Å². The smallest absolute Gasteiger partial charge is 0.202 e. The number of rotatable bonds is 4. The quantitative estimate of drug-likeness (QED) is 0.792. The first-order valence-electron chi connectivity index (χ1n) is 5.53. The highest BCUT2D eigenvalue weighted by Gasteiger charge is 2.16. The van der Waals surface area contributed by atoms with Crippen molar-refractivity contribution in [3.8, 4) is 5.75 Å². The number of ether oxygens (including phenoxy) is 1. The molecule has 0 saturated heterocycles. The predicted molar refractivity (Wildman–Crippen MR) is 70.1 cm³/mol. The van der Waals surface area contributed by atoms with Gasteiger partial charge in [-0.15, -0.1) is 0 Å². The first-order valence-corrected chi connectivity index (χ1v) is 5.91. The molecule has 1 atom stereocenters. The summed E-state index contributed by atoms with van der Waals surface area (Å²) in [5, 5.41) is 0.479. The molecule has 1 heterocycles. The average molecular weight is 262 g/mol. The van der Waals surface area contributed by atoms with E-state index >= 15 is 0 Å². The number of ketones is 1. The molecule has 0 aliphatic heterocycles. The van der Waals surface area contributed by atoms with E-state index in [1.54, 1.807) is 25.1 Å². The van der Waals surface area contributed by atoms with Crippen molar-refractivity contribution in [3.63, 3.8) is 0 Å². The number of hydrogen-bond acceptors (Lipinski definition) is 3. The number of benzene rings is 1. The highest BCUT2D eigenvalue weighted by Crippen LogP contribution is 2.17. The minimum atomic E-state index is -0.576. The Kier molecular flexibility index (Phi) is 3.95. The summed E-state index contributed by atoms with van der Waals surface area (Å²) in [6, 6.07) is 10.7. The molecule has 0 radical (unpaired) electrons. The second-order valence-corrected chi connectivity index (χ2v) is 4.27. The van der Waals surface area contributed by atoms with E-state index < -0.39 is 6.10 Å². The number of halogens is 1. The van der Waals surface area contributed by atoms with Crippen LogP contribution in [0.15, 0.2) is 48.8 Å². The molecule has 0 aliphatic carbocycles. The van der Waals surface area contributed by atoms with E-state index in [1.807, 2.05) is 18.2 Å². The van der Waals surface area contributed by atoms with Crippen molar-refractivity contribution in [1.29, 1.82) is 0 Å². The molecule has 4 heteroatoms. The molecule has 1 aromatic heterocycles. The van der Waals surface area contributed by atoms with Crippen LogP contribution in [0.4, 0.5) is 0 Å². The zero-order chi connectivity index (χ0) is 13.0. The van der Waals surface area contributed by atoms with E-state index in [1.165, 1.54) is 12.4 Å². The lowest BCUT2D eigenvalue weighted by molar-refractivity contribution is 0.0817. The first kappa shape index (κ1) is 12.6. The Hall–Kier alpha value is -1.87. The van der Waals surface area contributed by atoms with Gasteiger partial charge < -0.3 is 4.74 Å². The highest BCUT2D eigenvalue weighted by atomic mass is 35.5. The van der Waals surface area contributed by atoms with Gasteiger partial charge in [-0.1, -0.05) is 41.9 Å².